The molecule has 0 aliphatic carbocycles. The van der Waals surface area contributed by atoms with Crippen LogP contribution in [-0.4, -0.2) is 24.3 Å². The van der Waals surface area contributed by atoms with Gasteiger partial charge >= 0.3 is 5.97 Å². The van der Waals surface area contributed by atoms with Crippen LogP contribution in [0.2, 0.25) is 0 Å². The van der Waals surface area contributed by atoms with Crippen LogP contribution in [0.5, 0.6) is 0 Å². The van der Waals surface area contributed by atoms with Gasteiger partial charge in [-0.05, 0) is 18.9 Å². The smallest absolute Gasteiger partial charge is 0.315 e. The Bertz CT molecular complexity index is 440. The number of carboxylic acid groups (broad SMARTS) is 1. The van der Waals surface area contributed by atoms with Crippen molar-refractivity contribution in [3.05, 3.63) is 21.9 Å². The molecule has 0 bridgehead atoms. The van der Waals surface area contributed by atoms with Gasteiger partial charge in [0.2, 0.25) is 0 Å². The van der Waals surface area contributed by atoms with E-state index >= 15 is 0 Å². The Morgan fingerprint density at radius 2 is 2.25 bits per heavy atom. The van der Waals surface area contributed by atoms with Crippen LogP contribution in [0.1, 0.15) is 23.3 Å². The quantitative estimate of drug-likeness (QED) is 0.850. The predicted octanol–water partition coefficient (Wildman–Crippen LogP) is 1.75. The molecule has 4 nitrogen and oxygen atoms in total. The van der Waals surface area contributed by atoms with Crippen LogP contribution >= 0.6 is 11.3 Å². The summed E-state index contributed by atoms with van der Waals surface area (Å²) in [7, 11) is 0. The van der Waals surface area contributed by atoms with Crippen molar-refractivity contribution in [1.29, 1.82) is 5.26 Å². The molecule has 0 saturated carbocycles. The molecule has 1 aliphatic heterocycles. The highest BCUT2D eigenvalue weighted by Crippen LogP contribution is 2.38. The molecule has 0 atom stereocenters. The number of nitrogens with zero attached hydrogens (tertiary/aromatic N) is 1. The van der Waals surface area contributed by atoms with E-state index in [1.54, 1.807) is 11.4 Å². The number of rotatable bonds is 2. The Labute approximate surface area is 97.1 Å². The van der Waals surface area contributed by atoms with Crippen molar-refractivity contribution in [2.45, 2.75) is 18.3 Å². The van der Waals surface area contributed by atoms with Crippen molar-refractivity contribution in [1.82, 2.24) is 0 Å². The lowest BCUT2D eigenvalue weighted by atomic mass is 9.79. The molecule has 1 saturated heterocycles. The Balaban J connectivity index is 2.39. The van der Waals surface area contributed by atoms with E-state index in [1.165, 1.54) is 11.3 Å². The van der Waals surface area contributed by atoms with Crippen molar-refractivity contribution >= 4 is 17.3 Å². The van der Waals surface area contributed by atoms with Crippen molar-refractivity contribution < 1.29 is 14.6 Å². The van der Waals surface area contributed by atoms with E-state index in [0.29, 0.717) is 31.6 Å². The average Bonchev–Trinajstić information content (AvgIpc) is 2.78. The molecule has 0 unspecified atom stereocenters. The molecule has 1 aliphatic rings. The van der Waals surface area contributed by atoms with Gasteiger partial charge in [-0.15, -0.1) is 11.3 Å². The Hall–Kier alpha value is -1.38. The minimum absolute atomic E-state index is 0.464. The molecule has 1 N–H and O–H groups in total. The van der Waals surface area contributed by atoms with Gasteiger partial charge in [0.05, 0.1) is 5.56 Å². The minimum Gasteiger partial charge on any atom is -0.481 e. The van der Waals surface area contributed by atoms with E-state index in [1.807, 2.05) is 6.07 Å². The van der Waals surface area contributed by atoms with Gasteiger partial charge in [0, 0.05) is 23.5 Å². The van der Waals surface area contributed by atoms with Crippen LogP contribution in [0.25, 0.3) is 0 Å². The molecule has 0 spiro atoms. The molecule has 2 heterocycles. The third-order valence-electron chi connectivity index (χ3n) is 2.96. The SMILES string of the molecule is N#Cc1csc(C2(C(=O)O)CCOCC2)c1. The molecule has 1 aromatic rings. The van der Waals surface area contributed by atoms with Crippen LogP contribution in [0.3, 0.4) is 0 Å². The van der Waals surface area contributed by atoms with Crippen molar-refractivity contribution in [3.63, 3.8) is 0 Å². The number of ether oxygens (including phenoxy) is 1. The third-order valence-corrected chi connectivity index (χ3v) is 4.09. The molecule has 16 heavy (non-hydrogen) atoms. The zero-order valence-electron chi connectivity index (χ0n) is 8.60. The second-order valence-corrected chi connectivity index (χ2v) is 4.72. The number of thiophene rings is 1. The van der Waals surface area contributed by atoms with E-state index in [-0.39, 0.29) is 0 Å². The van der Waals surface area contributed by atoms with E-state index < -0.39 is 11.4 Å². The van der Waals surface area contributed by atoms with Gasteiger partial charge in [-0.25, -0.2) is 0 Å². The summed E-state index contributed by atoms with van der Waals surface area (Å²) >= 11 is 1.35. The Kier molecular flexibility index (Phi) is 2.95. The zero-order chi connectivity index (χ0) is 11.6. The summed E-state index contributed by atoms with van der Waals surface area (Å²) in [6, 6.07) is 3.71. The maximum absolute atomic E-state index is 11.4. The third kappa shape index (κ3) is 1.70. The number of nitriles is 1. The van der Waals surface area contributed by atoms with Crippen LogP contribution in [0.4, 0.5) is 0 Å². The predicted molar refractivity (Wildman–Crippen MR) is 58.4 cm³/mol. The summed E-state index contributed by atoms with van der Waals surface area (Å²) < 4.78 is 5.21. The minimum atomic E-state index is -0.849. The number of carbonyl (C=O) groups is 1. The number of hydrogen-bond acceptors (Lipinski definition) is 4. The summed E-state index contributed by atoms with van der Waals surface area (Å²) in [5.41, 5.74) is -0.315. The van der Waals surface area contributed by atoms with E-state index in [4.69, 9.17) is 10.00 Å². The molecule has 1 aromatic heterocycles. The van der Waals surface area contributed by atoms with Crippen LogP contribution < -0.4 is 0 Å². The van der Waals surface area contributed by atoms with Gasteiger partial charge in [0.25, 0.3) is 0 Å². The van der Waals surface area contributed by atoms with Gasteiger partial charge in [-0.1, -0.05) is 0 Å². The largest absolute Gasteiger partial charge is 0.481 e. The normalized spacial score (nSPS) is 18.9. The molecule has 0 amide bonds. The first kappa shape index (κ1) is 11.1. The molecule has 0 radical (unpaired) electrons. The zero-order valence-corrected chi connectivity index (χ0v) is 9.42. The average molecular weight is 237 g/mol. The van der Waals surface area contributed by atoms with Gasteiger partial charge in [0.15, 0.2) is 0 Å². The summed E-state index contributed by atoms with van der Waals surface area (Å²) in [5, 5.41) is 19.9. The fourth-order valence-corrected chi connectivity index (χ4v) is 3.02. The van der Waals surface area contributed by atoms with Gasteiger partial charge < -0.3 is 9.84 Å². The van der Waals surface area contributed by atoms with Crippen LogP contribution in [0.15, 0.2) is 11.4 Å². The van der Waals surface area contributed by atoms with E-state index in [2.05, 4.69) is 0 Å². The van der Waals surface area contributed by atoms with Gasteiger partial charge in [-0.3, -0.25) is 4.79 Å². The monoisotopic (exact) mass is 237 g/mol. The van der Waals surface area contributed by atoms with Crippen LogP contribution in [-0.2, 0) is 14.9 Å². The fraction of sp³-hybridized carbons (Fsp3) is 0.455. The highest BCUT2D eigenvalue weighted by molar-refractivity contribution is 7.10. The van der Waals surface area contributed by atoms with Gasteiger partial charge in [-0.2, -0.15) is 5.26 Å². The summed E-state index contributed by atoms with van der Waals surface area (Å²) in [4.78, 5) is 12.2. The fourth-order valence-electron chi connectivity index (χ4n) is 1.93. The summed E-state index contributed by atoms with van der Waals surface area (Å²) in [6.07, 6.45) is 0.960. The second-order valence-electron chi connectivity index (χ2n) is 3.81. The van der Waals surface area contributed by atoms with Crippen molar-refractivity contribution in [2.24, 2.45) is 0 Å². The van der Waals surface area contributed by atoms with Crippen molar-refractivity contribution in [2.75, 3.05) is 13.2 Å². The molecule has 0 aromatic carbocycles. The number of aliphatic carboxylic acids is 1. The maximum Gasteiger partial charge on any atom is 0.315 e. The molecule has 84 valence electrons. The van der Waals surface area contributed by atoms with Crippen LogP contribution in [0, 0.1) is 11.3 Å². The topological polar surface area (TPSA) is 70.3 Å². The number of hydrogen-bond donors (Lipinski definition) is 1. The first-order valence-electron chi connectivity index (χ1n) is 4.99. The molecular formula is C11H11NO3S. The lowest BCUT2D eigenvalue weighted by Gasteiger charge is -2.32. The Morgan fingerprint density at radius 3 is 2.75 bits per heavy atom. The van der Waals surface area contributed by atoms with E-state index in [0.717, 1.165) is 4.88 Å². The molecule has 1 fully saturated rings. The number of carboxylic acids is 1. The molecule has 5 heteroatoms. The first-order chi connectivity index (χ1) is 7.69. The standard InChI is InChI=1S/C11H11NO3S/c12-6-8-5-9(16-7-8)11(10(13)14)1-3-15-4-2-11/h5,7H,1-4H2,(H,13,14). The van der Waals surface area contributed by atoms with Gasteiger partial charge in [0.1, 0.15) is 11.5 Å². The maximum atomic E-state index is 11.4. The highest BCUT2D eigenvalue weighted by atomic mass is 32.1. The Morgan fingerprint density at radius 1 is 1.56 bits per heavy atom. The second kappa shape index (κ2) is 4.24. The lowest BCUT2D eigenvalue weighted by molar-refractivity contribution is -0.147. The van der Waals surface area contributed by atoms with E-state index in [9.17, 15) is 9.90 Å². The first-order valence-corrected chi connectivity index (χ1v) is 5.87. The summed E-state index contributed by atoms with van der Waals surface area (Å²) in [6.45, 7) is 0.929. The molecule has 2 rings (SSSR count). The molecular weight excluding hydrogens is 226 g/mol. The highest BCUT2D eigenvalue weighted by Gasteiger charge is 2.43. The summed E-state index contributed by atoms with van der Waals surface area (Å²) in [5.74, 6) is -0.817. The lowest BCUT2D eigenvalue weighted by Crippen LogP contribution is -2.40. The van der Waals surface area contributed by atoms with Crippen molar-refractivity contribution in [3.8, 4) is 6.07 Å².